The number of amides is 1. The summed E-state index contributed by atoms with van der Waals surface area (Å²) in [4.78, 5) is 22.2. The Kier molecular flexibility index (Phi) is 6.74. The predicted octanol–water partition coefficient (Wildman–Crippen LogP) is -0.207. The van der Waals surface area contributed by atoms with Crippen LogP contribution in [0, 0.1) is 0 Å². The second kappa shape index (κ2) is 7.32. The lowest BCUT2D eigenvalue weighted by molar-refractivity contribution is -0.146. The molecule has 0 saturated carbocycles. The van der Waals surface area contributed by atoms with Gasteiger partial charge in [-0.2, -0.15) is 0 Å². The molecular formula is C9H18N2O3. The number of esters is 1. The maximum atomic E-state index is 11.1. The van der Waals surface area contributed by atoms with Crippen LogP contribution in [-0.2, 0) is 14.3 Å². The normalized spacial score (nSPS) is 11.9. The van der Waals surface area contributed by atoms with Crippen molar-refractivity contribution in [2.75, 3.05) is 13.2 Å². The van der Waals surface area contributed by atoms with Crippen LogP contribution < -0.4 is 11.1 Å². The van der Waals surface area contributed by atoms with Crippen molar-refractivity contribution in [1.82, 2.24) is 5.32 Å². The molecule has 0 spiro atoms. The third-order valence-electron chi connectivity index (χ3n) is 1.63. The topological polar surface area (TPSA) is 81.4 Å². The molecule has 1 amide bonds. The second-order valence-corrected chi connectivity index (χ2v) is 2.93. The van der Waals surface area contributed by atoms with E-state index in [2.05, 4.69) is 5.32 Å². The summed E-state index contributed by atoms with van der Waals surface area (Å²) < 4.78 is 4.73. The number of hydrogen-bond acceptors (Lipinski definition) is 4. The van der Waals surface area contributed by atoms with Gasteiger partial charge in [0.05, 0.1) is 6.61 Å². The Labute approximate surface area is 84.0 Å². The highest BCUT2D eigenvalue weighted by Gasteiger charge is 2.15. The fraction of sp³-hybridized carbons (Fsp3) is 0.778. The minimum Gasteiger partial charge on any atom is -0.464 e. The summed E-state index contributed by atoms with van der Waals surface area (Å²) >= 11 is 0. The van der Waals surface area contributed by atoms with Gasteiger partial charge in [-0.15, -0.1) is 0 Å². The summed E-state index contributed by atoms with van der Waals surface area (Å²) in [5.74, 6) is -0.579. The van der Waals surface area contributed by atoms with Gasteiger partial charge in [0.25, 0.3) is 0 Å². The smallest absolute Gasteiger partial charge is 0.328 e. The molecule has 0 aliphatic carbocycles. The van der Waals surface area contributed by atoms with E-state index in [1.165, 1.54) is 0 Å². The molecule has 0 heterocycles. The highest BCUT2D eigenvalue weighted by Crippen LogP contribution is 1.91. The SMILES string of the molecule is CCOC(=O)C(C)NC(=O)CCCN. The van der Waals surface area contributed by atoms with Gasteiger partial charge >= 0.3 is 5.97 Å². The Morgan fingerprint density at radius 3 is 2.64 bits per heavy atom. The summed E-state index contributed by atoms with van der Waals surface area (Å²) in [5, 5.41) is 2.53. The molecule has 0 saturated heterocycles. The number of nitrogens with two attached hydrogens (primary N) is 1. The lowest BCUT2D eigenvalue weighted by atomic mass is 10.2. The van der Waals surface area contributed by atoms with E-state index < -0.39 is 12.0 Å². The van der Waals surface area contributed by atoms with Crippen LogP contribution in [0.3, 0.4) is 0 Å². The molecule has 1 atom stereocenters. The predicted molar refractivity (Wildman–Crippen MR) is 52.5 cm³/mol. The molecule has 5 heteroatoms. The Bertz CT molecular complexity index is 194. The first kappa shape index (κ1) is 12.9. The van der Waals surface area contributed by atoms with Gasteiger partial charge in [0.15, 0.2) is 0 Å². The average molecular weight is 202 g/mol. The van der Waals surface area contributed by atoms with Crippen molar-refractivity contribution in [3.63, 3.8) is 0 Å². The van der Waals surface area contributed by atoms with Gasteiger partial charge in [-0.25, -0.2) is 4.79 Å². The van der Waals surface area contributed by atoms with E-state index in [1.807, 2.05) is 0 Å². The van der Waals surface area contributed by atoms with Crippen molar-refractivity contribution in [3.8, 4) is 0 Å². The van der Waals surface area contributed by atoms with Gasteiger partial charge in [0, 0.05) is 6.42 Å². The molecule has 14 heavy (non-hydrogen) atoms. The van der Waals surface area contributed by atoms with Gasteiger partial charge in [0.2, 0.25) is 5.91 Å². The molecule has 0 aliphatic rings. The third-order valence-corrected chi connectivity index (χ3v) is 1.63. The van der Waals surface area contributed by atoms with Crippen molar-refractivity contribution in [1.29, 1.82) is 0 Å². The third kappa shape index (κ3) is 5.53. The molecule has 0 radical (unpaired) electrons. The Hall–Kier alpha value is -1.10. The number of hydrogen-bond donors (Lipinski definition) is 2. The van der Waals surface area contributed by atoms with Crippen molar-refractivity contribution in [3.05, 3.63) is 0 Å². The summed E-state index contributed by atoms with van der Waals surface area (Å²) in [6.07, 6.45) is 0.974. The zero-order valence-electron chi connectivity index (χ0n) is 8.71. The van der Waals surface area contributed by atoms with Crippen LogP contribution in [0.25, 0.3) is 0 Å². The van der Waals surface area contributed by atoms with E-state index in [1.54, 1.807) is 13.8 Å². The molecule has 5 nitrogen and oxygen atoms in total. The zero-order chi connectivity index (χ0) is 11.0. The second-order valence-electron chi connectivity index (χ2n) is 2.93. The summed E-state index contributed by atoms with van der Waals surface area (Å²) in [7, 11) is 0. The van der Waals surface area contributed by atoms with E-state index >= 15 is 0 Å². The van der Waals surface area contributed by atoms with Crippen LogP contribution in [0.5, 0.6) is 0 Å². The number of rotatable bonds is 6. The molecule has 3 N–H and O–H groups in total. The van der Waals surface area contributed by atoms with Crippen LogP contribution in [0.4, 0.5) is 0 Å². The van der Waals surface area contributed by atoms with Gasteiger partial charge in [0.1, 0.15) is 6.04 Å². The van der Waals surface area contributed by atoms with Crippen LogP contribution in [0.15, 0.2) is 0 Å². The molecular weight excluding hydrogens is 184 g/mol. The number of nitrogens with one attached hydrogen (secondary N) is 1. The molecule has 0 aliphatic heterocycles. The lowest BCUT2D eigenvalue weighted by Gasteiger charge is -2.12. The quantitative estimate of drug-likeness (QED) is 0.584. The first-order valence-electron chi connectivity index (χ1n) is 4.77. The van der Waals surface area contributed by atoms with E-state index in [9.17, 15) is 9.59 Å². The van der Waals surface area contributed by atoms with Gasteiger partial charge in [-0.05, 0) is 26.8 Å². The Morgan fingerprint density at radius 2 is 2.14 bits per heavy atom. The molecule has 0 aromatic rings. The first-order valence-corrected chi connectivity index (χ1v) is 4.77. The summed E-state index contributed by atoms with van der Waals surface area (Å²) in [5.41, 5.74) is 5.24. The zero-order valence-corrected chi connectivity index (χ0v) is 8.71. The van der Waals surface area contributed by atoms with Crippen LogP contribution in [0.2, 0.25) is 0 Å². The first-order chi connectivity index (χ1) is 6.61. The maximum absolute atomic E-state index is 11.1. The van der Waals surface area contributed by atoms with E-state index in [-0.39, 0.29) is 5.91 Å². The lowest BCUT2D eigenvalue weighted by Crippen LogP contribution is -2.39. The van der Waals surface area contributed by atoms with Crippen LogP contribution in [-0.4, -0.2) is 31.1 Å². The fourth-order valence-corrected chi connectivity index (χ4v) is 0.902. The Morgan fingerprint density at radius 1 is 1.50 bits per heavy atom. The van der Waals surface area contributed by atoms with Gasteiger partial charge in [-0.1, -0.05) is 0 Å². The van der Waals surface area contributed by atoms with Crippen molar-refractivity contribution in [2.45, 2.75) is 32.7 Å². The van der Waals surface area contributed by atoms with E-state index in [0.29, 0.717) is 26.0 Å². The fourth-order valence-electron chi connectivity index (χ4n) is 0.902. The highest BCUT2D eigenvalue weighted by atomic mass is 16.5. The monoisotopic (exact) mass is 202 g/mol. The molecule has 0 aromatic heterocycles. The maximum Gasteiger partial charge on any atom is 0.328 e. The minimum atomic E-state index is -0.583. The number of carbonyl (C=O) groups excluding carboxylic acids is 2. The van der Waals surface area contributed by atoms with E-state index in [0.717, 1.165) is 0 Å². The molecule has 0 rings (SSSR count). The largest absolute Gasteiger partial charge is 0.464 e. The molecule has 1 unspecified atom stereocenters. The van der Waals surface area contributed by atoms with Crippen LogP contribution in [0.1, 0.15) is 26.7 Å². The highest BCUT2D eigenvalue weighted by molar-refractivity contribution is 5.84. The van der Waals surface area contributed by atoms with Crippen LogP contribution >= 0.6 is 0 Å². The summed E-state index contributed by atoms with van der Waals surface area (Å²) in [6.45, 7) is 4.11. The molecule has 82 valence electrons. The van der Waals surface area contributed by atoms with E-state index in [4.69, 9.17) is 10.5 Å². The summed E-state index contributed by atoms with van der Waals surface area (Å²) in [6, 6.07) is -0.583. The number of ether oxygens (including phenoxy) is 1. The molecule has 0 bridgehead atoms. The minimum absolute atomic E-state index is 0.170. The standard InChI is InChI=1S/C9H18N2O3/c1-3-14-9(13)7(2)11-8(12)5-4-6-10/h7H,3-6,10H2,1-2H3,(H,11,12). The molecule has 0 fully saturated rings. The van der Waals surface area contributed by atoms with Gasteiger partial charge in [-0.3, -0.25) is 4.79 Å². The number of carbonyl (C=O) groups is 2. The van der Waals surface area contributed by atoms with Crippen molar-refractivity contribution >= 4 is 11.9 Å². The average Bonchev–Trinajstić information content (AvgIpc) is 2.15. The van der Waals surface area contributed by atoms with Crippen molar-refractivity contribution < 1.29 is 14.3 Å². The van der Waals surface area contributed by atoms with Gasteiger partial charge < -0.3 is 15.8 Å². The molecule has 0 aromatic carbocycles. The van der Waals surface area contributed by atoms with Crippen molar-refractivity contribution in [2.24, 2.45) is 5.73 Å². The Balaban J connectivity index is 3.75.